The highest BCUT2D eigenvalue weighted by molar-refractivity contribution is 6.02. The van der Waals surface area contributed by atoms with Crippen LogP contribution in [-0.2, 0) is 9.63 Å². The number of amides is 1. The Balaban J connectivity index is 1.25. The standard InChI is InChI=1S/C31H35F2N7O3/c1-3-31(41)37-24-15-25(28(42-2)16-27(24)39-11-9-38(10-12-39)18-20-4-5-20)36-29-17-30(35-19-34-29)40-26(8-13-43-40)22-7-6-21(32)14-23(22)33/h3,6-7,14-17,19-20,26H,1,4-5,8-13,18H2,2H3,(H,37,41)(H,34,35,36). The Hall–Kier alpha value is -4.29. The number of anilines is 5. The maximum atomic E-state index is 14.6. The van der Waals surface area contributed by atoms with Gasteiger partial charge in [0.15, 0.2) is 5.82 Å². The molecule has 6 rings (SSSR count). The van der Waals surface area contributed by atoms with Crippen molar-refractivity contribution in [1.82, 2.24) is 14.9 Å². The van der Waals surface area contributed by atoms with Gasteiger partial charge in [-0.2, -0.15) is 0 Å². The van der Waals surface area contributed by atoms with Crippen LogP contribution >= 0.6 is 0 Å². The summed E-state index contributed by atoms with van der Waals surface area (Å²) in [6, 6.07) is 8.44. The second kappa shape index (κ2) is 12.5. The van der Waals surface area contributed by atoms with Crippen LogP contribution in [-0.4, -0.2) is 67.2 Å². The number of carbonyl (C=O) groups excluding carboxylic acids is 1. The van der Waals surface area contributed by atoms with E-state index < -0.39 is 17.7 Å². The minimum Gasteiger partial charge on any atom is -0.494 e. The Labute approximate surface area is 249 Å². The molecule has 1 saturated carbocycles. The molecule has 43 heavy (non-hydrogen) atoms. The molecule has 12 heteroatoms. The zero-order valence-electron chi connectivity index (χ0n) is 24.1. The van der Waals surface area contributed by atoms with E-state index in [2.05, 4.69) is 37.0 Å². The molecule has 2 aliphatic heterocycles. The van der Waals surface area contributed by atoms with Crippen molar-refractivity contribution in [3.05, 3.63) is 72.6 Å². The summed E-state index contributed by atoms with van der Waals surface area (Å²) >= 11 is 0. The number of rotatable bonds is 10. The highest BCUT2D eigenvalue weighted by atomic mass is 19.1. The number of hydroxylamine groups is 1. The molecule has 1 amide bonds. The molecule has 3 aromatic rings. The molecule has 2 saturated heterocycles. The van der Waals surface area contributed by atoms with Crippen LogP contribution in [0.4, 0.5) is 37.5 Å². The number of piperazine rings is 1. The molecule has 3 fully saturated rings. The van der Waals surface area contributed by atoms with Crippen LogP contribution < -0.4 is 25.3 Å². The minimum atomic E-state index is -0.642. The maximum Gasteiger partial charge on any atom is 0.247 e. The number of hydrogen-bond acceptors (Lipinski definition) is 9. The van der Waals surface area contributed by atoms with Crippen LogP contribution in [0, 0.1) is 17.6 Å². The molecule has 0 radical (unpaired) electrons. The summed E-state index contributed by atoms with van der Waals surface area (Å²) in [5.74, 6) is 0.642. The average Bonchev–Trinajstić information content (AvgIpc) is 3.69. The number of benzene rings is 2. The lowest BCUT2D eigenvalue weighted by atomic mass is 10.0. The molecule has 0 spiro atoms. The summed E-state index contributed by atoms with van der Waals surface area (Å²) in [5, 5.41) is 7.74. The summed E-state index contributed by atoms with van der Waals surface area (Å²) in [5.41, 5.74) is 2.38. The van der Waals surface area contributed by atoms with E-state index >= 15 is 0 Å². The van der Waals surface area contributed by atoms with Gasteiger partial charge < -0.3 is 20.3 Å². The van der Waals surface area contributed by atoms with Gasteiger partial charge in [-0.1, -0.05) is 12.6 Å². The molecule has 2 N–H and O–H groups in total. The van der Waals surface area contributed by atoms with Crippen LogP contribution in [0.15, 0.2) is 55.4 Å². The number of aromatic nitrogens is 2. The number of hydrogen-bond donors (Lipinski definition) is 2. The lowest BCUT2D eigenvalue weighted by molar-refractivity contribution is -0.111. The fourth-order valence-electron chi connectivity index (χ4n) is 5.64. The quantitative estimate of drug-likeness (QED) is 0.314. The van der Waals surface area contributed by atoms with E-state index in [0.29, 0.717) is 47.4 Å². The van der Waals surface area contributed by atoms with E-state index in [-0.39, 0.29) is 5.91 Å². The van der Waals surface area contributed by atoms with E-state index in [1.807, 2.05) is 12.1 Å². The Morgan fingerprint density at radius 3 is 2.63 bits per heavy atom. The number of nitrogens with zero attached hydrogens (tertiary/aromatic N) is 5. The first-order chi connectivity index (χ1) is 20.9. The predicted molar refractivity (Wildman–Crippen MR) is 161 cm³/mol. The first kappa shape index (κ1) is 28.8. The van der Waals surface area contributed by atoms with Gasteiger partial charge in [0.2, 0.25) is 5.91 Å². The van der Waals surface area contributed by atoms with Crippen molar-refractivity contribution in [2.75, 3.05) is 67.0 Å². The third-order valence-electron chi connectivity index (χ3n) is 8.05. The molecule has 3 aliphatic rings. The van der Waals surface area contributed by atoms with Gasteiger partial charge in [0.1, 0.15) is 29.5 Å². The Morgan fingerprint density at radius 1 is 1.09 bits per heavy atom. The van der Waals surface area contributed by atoms with Gasteiger partial charge >= 0.3 is 0 Å². The molecule has 226 valence electrons. The van der Waals surface area contributed by atoms with Gasteiger partial charge in [-0.3, -0.25) is 14.5 Å². The lowest BCUT2D eigenvalue weighted by Gasteiger charge is -2.37. The monoisotopic (exact) mass is 591 g/mol. The molecular weight excluding hydrogens is 556 g/mol. The molecule has 0 bridgehead atoms. The molecule has 1 aliphatic carbocycles. The fourth-order valence-corrected chi connectivity index (χ4v) is 5.64. The first-order valence-electron chi connectivity index (χ1n) is 14.5. The van der Waals surface area contributed by atoms with Crippen LogP contribution in [0.2, 0.25) is 0 Å². The molecule has 2 aromatic carbocycles. The molecule has 1 unspecified atom stereocenters. The van der Waals surface area contributed by atoms with Crippen LogP contribution in [0.25, 0.3) is 0 Å². The summed E-state index contributed by atoms with van der Waals surface area (Å²) < 4.78 is 33.9. The number of methoxy groups -OCH3 is 1. The average molecular weight is 592 g/mol. The second-order valence-electron chi connectivity index (χ2n) is 11.0. The van der Waals surface area contributed by atoms with Gasteiger partial charge in [-0.25, -0.2) is 23.8 Å². The Bertz CT molecular complexity index is 1490. The normalized spacial score (nSPS) is 18.9. The Kier molecular flexibility index (Phi) is 8.39. The third kappa shape index (κ3) is 6.55. The van der Waals surface area contributed by atoms with Gasteiger partial charge in [0.25, 0.3) is 0 Å². The number of ether oxygens (including phenoxy) is 1. The molecular formula is C31H35F2N7O3. The summed E-state index contributed by atoms with van der Waals surface area (Å²) in [6.07, 6.45) is 5.78. The van der Waals surface area contributed by atoms with Crippen molar-refractivity contribution >= 4 is 34.6 Å². The van der Waals surface area contributed by atoms with Gasteiger partial charge in [0.05, 0.1) is 36.8 Å². The van der Waals surface area contributed by atoms with Crippen molar-refractivity contribution in [3.8, 4) is 5.75 Å². The van der Waals surface area contributed by atoms with E-state index in [1.54, 1.807) is 13.2 Å². The lowest BCUT2D eigenvalue weighted by Crippen LogP contribution is -2.47. The zero-order valence-corrected chi connectivity index (χ0v) is 24.1. The number of halogens is 2. The van der Waals surface area contributed by atoms with Crippen molar-refractivity contribution in [1.29, 1.82) is 0 Å². The molecule has 1 atom stereocenters. The van der Waals surface area contributed by atoms with Crippen molar-refractivity contribution in [3.63, 3.8) is 0 Å². The topological polar surface area (TPSA) is 95.1 Å². The van der Waals surface area contributed by atoms with E-state index in [0.717, 1.165) is 50.4 Å². The van der Waals surface area contributed by atoms with E-state index in [4.69, 9.17) is 9.57 Å². The number of carbonyl (C=O) groups is 1. The SMILES string of the molecule is C=CC(=O)Nc1cc(Nc2cc(N3OCCC3c3ccc(F)cc3F)ncn2)c(OC)cc1N1CCN(CC2CC2)CC1. The van der Waals surface area contributed by atoms with E-state index in [1.165, 1.54) is 42.4 Å². The van der Waals surface area contributed by atoms with Crippen LogP contribution in [0.3, 0.4) is 0 Å². The van der Waals surface area contributed by atoms with Crippen molar-refractivity contribution in [2.45, 2.75) is 25.3 Å². The van der Waals surface area contributed by atoms with E-state index in [9.17, 15) is 13.6 Å². The molecule has 3 heterocycles. The second-order valence-corrected chi connectivity index (χ2v) is 11.0. The van der Waals surface area contributed by atoms with Crippen LogP contribution in [0.5, 0.6) is 5.75 Å². The molecule has 1 aromatic heterocycles. The first-order valence-corrected chi connectivity index (χ1v) is 14.5. The highest BCUT2D eigenvalue weighted by Crippen LogP contribution is 2.40. The van der Waals surface area contributed by atoms with Crippen LogP contribution in [0.1, 0.15) is 30.9 Å². The number of nitrogens with one attached hydrogen (secondary N) is 2. The highest BCUT2D eigenvalue weighted by Gasteiger charge is 2.32. The summed E-state index contributed by atoms with van der Waals surface area (Å²) in [6.45, 7) is 8.69. The smallest absolute Gasteiger partial charge is 0.247 e. The van der Waals surface area contributed by atoms with Crippen molar-refractivity contribution < 1.29 is 23.1 Å². The minimum absolute atomic E-state index is 0.320. The zero-order chi connectivity index (χ0) is 29.9. The van der Waals surface area contributed by atoms with Crippen molar-refractivity contribution in [2.24, 2.45) is 5.92 Å². The summed E-state index contributed by atoms with van der Waals surface area (Å²) in [7, 11) is 1.59. The Morgan fingerprint density at radius 2 is 1.91 bits per heavy atom. The molecule has 10 nitrogen and oxygen atoms in total. The third-order valence-corrected chi connectivity index (χ3v) is 8.05. The van der Waals surface area contributed by atoms with Gasteiger partial charge in [0, 0.05) is 62.9 Å². The van der Waals surface area contributed by atoms with Gasteiger partial charge in [-0.15, -0.1) is 0 Å². The van der Waals surface area contributed by atoms with Gasteiger partial charge in [-0.05, 0) is 37.0 Å². The maximum absolute atomic E-state index is 14.6. The predicted octanol–water partition coefficient (Wildman–Crippen LogP) is 5.05. The largest absolute Gasteiger partial charge is 0.494 e. The summed E-state index contributed by atoms with van der Waals surface area (Å²) in [4.78, 5) is 31.7. The fraction of sp³-hybridized carbons (Fsp3) is 0.387.